The van der Waals surface area contributed by atoms with Gasteiger partial charge in [0, 0.05) is 13.7 Å². The minimum atomic E-state index is 0.884. The zero-order chi connectivity index (χ0) is 10.9. The van der Waals surface area contributed by atoms with Crippen LogP contribution in [0.4, 0.5) is 0 Å². The SMILES string of the molecule is CCC1CCC(CNCCCOC)CC1. The van der Waals surface area contributed by atoms with Crippen molar-refractivity contribution in [3.05, 3.63) is 0 Å². The molecule has 15 heavy (non-hydrogen) atoms. The van der Waals surface area contributed by atoms with Crippen molar-refractivity contribution in [2.24, 2.45) is 11.8 Å². The number of ether oxygens (including phenoxy) is 1. The smallest absolute Gasteiger partial charge is 0.0474 e. The van der Waals surface area contributed by atoms with E-state index in [-0.39, 0.29) is 0 Å². The molecule has 0 spiro atoms. The molecule has 0 amide bonds. The molecule has 2 heteroatoms. The topological polar surface area (TPSA) is 21.3 Å². The van der Waals surface area contributed by atoms with Crippen LogP contribution in [0.3, 0.4) is 0 Å². The van der Waals surface area contributed by atoms with Gasteiger partial charge in [-0.3, -0.25) is 0 Å². The molecule has 1 saturated carbocycles. The summed E-state index contributed by atoms with van der Waals surface area (Å²) in [7, 11) is 1.77. The van der Waals surface area contributed by atoms with Crippen LogP contribution in [0.2, 0.25) is 0 Å². The van der Waals surface area contributed by atoms with Crippen molar-refractivity contribution in [3.8, 4) is 0 Å². The Balaban J connectivity index is 1.94. The highest BCUT2D eigenvalue weighted by molar-refractivity contribution is 4.73. The molecule has 0 saturated heterocycles. The maximum absolute atomic E-state index is 5.02. The highest BCUT2D eigenvalue weighted by Crippen LogP contribution is 2.29. The Labute approximate surface area is 94.8 Å². The molecular weight excluding hydrogens is 186 g/mol. The first-order chi connectivity index (χ1) is 7.36. The molecule has 2 nitrogen and oxygen atoms in total. The molecule has 0 bridgehead atoms. The number of nitrogens with one attached hydrogen (secondary N) is 1. The van der Waals surface area contributed by atoms with Gasteiger partial charge in [-0.1, -0.05) is 26.2 Å². The summed E-state index contributed by atoms with van der Waals surface area (Å²) in [5, 5.41) is 3.54. The van der Waals surface area contributed by atoms with Gasteiger partial charge in [-0.05, 0) is 44.2 Å². The van der Waals surface area contributed by atoms with E-state index in [9.17, 15) is 0 Å². The van der Waals surface area contributed by atoms with Crippen molar-refractivity contribution in [1.29, 1.82) is 0 Å². The lowest BCUT2D eigenvalue weighted by molar-refractivity contribution is 0.192. The number of rotatable bonds is 7. The van der Waals surface area contributed by atoms with Gasteiger partial charge in [0.25, 0.3) is 0 Å². The van der Waals surface area contributed by atoms with Crippen molar-refractivity contribution in [2.45, 2.75) is 45.4 Å². The third kappa shape index (κ3) is 5.53. The predicted molar refractivity (Wildman–Crippen MR) is 65.1 cm³/mol. The fourth-order valence-corrected chi connectivity index (χ4v) is 2.49. The number of methoxy groups -OCH3 is 1. The second kappa shape index (κ2) is 8.12. The van der Waals surface area contributed by atoms with E-state index in [1.807, 2.05) is 0 Å². The maximum Gasteiger partial charge on any atom is 0.0474 e. The number of hydrogen-bond donors (Lipinski definition) is 1. The average Bonchev–Trinajstić information content (AvgIpc) is 2.30. The summed E-state index contributed by atoms with van der Waals surface area (Å²) in [6, 6.07) is 0. The Morgan fingerprint density at radius 1 is 1.13 bits per heavy atom. The van der Waals surface area contributed by atoms with Gasteiger partial charge in [0.05, 0.1) is 0 Å². The monoisotopic (exact) mass is 213 g/mol. The molecule has 1 aliphatic rings. The summed E-state index contributed by atoms with van der Waals surface area (Å²) in [5.74, 6) is 1.96. The Bertz CT molecular complexity index is 141. The van der Waals surface area contributed by atoms with Crippen molar-refractivity contribution in [2.75, 3.05) is 26.8 Å². The highest BCUT2D eigenvalue weighted by Gasteiger charge is 2.19. The fourth-order valence-electron chi connectivity index (χ4n) is 2.49. The molecule has 0 aliphatic heterocycles. The van der Waals surface area contributed by atoms with E-state index in [1.165, 1.54) is 38.6 Å². The van der Waals surface area contributed by atoms with E-state index in [0.29, 0.717) is 0 Å². The molecule has 1 fully saturated rings. The van der Waals surface area contributed by atoms with E-state index in [1.54, 1.807) is 7.11 Å². The molecule has 0 aromatic rings. The van der Waals surface area contributed by atoms with Crippen LogP contribution in [0.15, 0.2) is 0 Å². The van der Waals surface area contributed by atoms with Crippen LogP contribution >= 0.6 is 0 Å². The van der Waals surface area contributed by atoms with Crippen LogP contribution in [-0.4, -0.2) is 26.8 Å². The summed E-state index contributed by atoms with van der Waals surface area (Å²) in [6.07, 6.45) is 8.32. The van der Waals surface area contributed by atoms with Gasteiger partial charge in [-0.2, -0.15) is 0 Å². The summed E-state index contributed by atoms with van der Waals surface area (Å²) >= 11 is 0. The van der Waals surface area contributed by atoms with E-state index in [2.05, 4.69) is 12.2 Å². The van der Waals surface area contributed by atoms with Crippen LogP contribution in [0.25, 0.3) is 0 Å². The standard InChI is InChI=1S/C13H27NO/c1-3-12-5-7-13(8-6-12)11-14-9-4-10-15-2/h12-14H,3-11H2,1-2H3. The first kappa shape index (κ1) is 13.0. The summed E-state index contributed by atoms with van der Waals surface area (Å²) in [6.45, 7) is 5.55. The first-order valence-electron chi connectivity index (χ1n) is 6.56. The highest BCUT2D eigenvalue weighted by atomic mass is 16.5. The molecule has 0 aromatic heterocycles. The molecule has 1 rings (SSSR count). The second-order valence-electron chi connectivity index (χ2n) is 4.85. The molecule has 0 atom stereocenters. The van der Waals surface area contributed by atoms with E-state index >= 15 is 0 Å². The van der Waals surface area contributed by atoms with E-state index < -0.39 is 0 Å². The minimum Gasteiger partial charge on any atom is -0.385 e. The van der Waals surface area contributed by atoms with Crippen LogP contribution in [-0.2, 0) is 4.74 Å². The summed E-state index contributed by atoms with van der Waals surface area (Å²) in [4.78, 5) is 0. The van der Waals surface area contributed by atoms with Gasteiger partial charge in [0.15, 0.2) is 0 Å². The van der Waals surface area contributed by atoms with Gasteiger partial charge < -0.3 is 10.1 Å². The lowest BCUT2D eigenvalue weighted by Crippen LogP contribution is -2.27. The zero-order valence-electron chi connectivity index (χ0n) is 10.4. The first-order valence-corrected chi connectivity index (χ1v) is 6.56. The van der Waals surface area contributed by atoms with Crippen molar-refractivity contribution < 1.29 is 4.74 Å². The zero-order valence-corrected chi connectivity index (χ0v) is 10.4. The molecule has 1 aliphatic carbocycles. The average molecular weight is 213 g/mol. The second-order valence-corrected chi connectivity index (χ2v) is 4.85. The van der Waals surface area contributed by atoms with E-state index in [4.69, 9.17) is 4.74 Å². The third-order valence-electron chi connectivity index (χ3n) is 3.68. The van der Waals surface area contributed by atoms with Crippen LogP contribution in [0.1, 0.15) is 45.4 Å². The van der Waals surface area contributed by atoms with Gasteiger partial charge in [-0.15, -0.1) is 0 Å². The van der Waals surface area contributed by atoms with Crippen molar-refractivity contribution >= 4 is 0 Å². The Morgan fingerprint density at radius 3 is 2.40 bits per heavy atom. The lowest BCUT2D eigenvalue weighted by atomic mass is 9.81. The molecule has 1 N–H and O–H groups in total. The van der Waals surface area contributed by atoms with Gasteiger partial charge in [0.1, 0.15) is 0 Å². The Morgan fingerprint density at radius 2 is 1.80 bits per heavy atom. The summed E-state index contributed by atoms with van der Waals surface area (Å²) in [5.41, 5.74) is 0. The van der Waals surface area contributed by atoms with Crippen LogP contribution < -0.4 is 5.32 Å². The quantitative estimate of drug-likeness (QED) is 0.657. The lowest BCUT2D eigenvalue weighted by Gasteiger charge is -2.27. The maximum atomic E-state index is 5.02. The van der Waals surface area contributed by atoms with Gasteiger partial charge in [0.2, 0.25) is 0 Å². The van der Waals surface area contributed by atoms with Crippen LogP contribution in [0.5, 0.6) is 0 Å². The normalized spacial score (nSPS) is 26.8. The minimum absolute atomic E-state index is 0.884. The Kier molecular flexibility index (Phi) is 7.03. The van der Waals surface area contributed by atoms with Crippen LogP contribution in [0, 0.1) is 11.8 Å². The Hall–Kier alpha value is -0.0800. The predicted octanol–water partition coefficient (Wildman–Crippen LogP) is 2.83. The molecule has 90 valence electrons. The van der Waals surface area contributed by atoms with Gasteiger partial charge >= 0.3 is 0 Å². The van der Waals surface area contributed by atoms with Crippen molar-refractivity contribution in [3.63, 3.8) is 0 Å². The van der Waals surface area contributed by atoms with Crippen molar-refractivity contribution in [1.82, 2.24) is 5.32 Å². The molecule has 0 aromatic carbocycles. The van der Waals surface area contributed by atoms with Gasteiger partial charge in [-0.25, -0.2) is 0 Å². The molecule has 0 unspecified atom stereocenters. The molecule has 0 radical (unpaired) electrons. The summed E-state index contributed by atoms with van der Waals surface area (Å²) < 4.78 is 5.02. The van der Waals surface area contributed by atoms with E-state index in [0.717, 1.165) is 31.4 Å². The largest absolute Gasteiger partial charge is 0.385 e. The number of hydrogen-bond acceptors (Lipinski definition) is 2. The molecule has 0 heterocycles. The third-order valence-corrected chi connectivity index (χ3v) is 3.68. The molecular formula is C13H27NO. The fraction of sp³-hybridized carbons (Fsp3) is 1.00.